The topological polar surface area (TPSA) is 38.5 Å². The molecule has 1 saturated heterocycles. The average Bonchev–Trinajstić information content (AvgIpc) is 2.43. The third-order valence-corrected chi connectivity index (χ3v) is 4.03. The first kappa shape index (κ1) is 15.7. The number of benzene rings is 1. The molecule has 0 aromatic heterocycles. The van der Waals surface area contributed by atoms with Crippen molar-refractivity contribution in [2.24, 2.45) is 5.73 Å². The number of ether oxygens (including phenoxy) is 1. The van der Waals surface area contributed by atoms with E-state index in [9.17, 15) is 4.39 Å². The summed E-state index contributed by atoms with van der Waals surface area (Å²) in [7, 11) is 0. The predicted octanol–water partition coefficient (Wildman–Crippen LogP) is 2.98. The van der Waals surface area contributed by atoms with Crippen molar-refractivity contribution >= 4 is 11.6 Å². The van der Waals surface area contributed by atoms with E-state index in [1.165, 1.54) is 6.07 Å². The molecule has 112 valence electrons. The molecule has 0 spiro atoms. The molecular weight excluding hydrogens is 279 g/mol. The molecule has 2 N–H and O–H groups in total. The largest absolute Gasteiger partial charge is 0.377 e. The molecule has 0 radical (unpaired) electrons. The van der Waals surface area contributed by atoms with Gasteiger partial charge in [0.05, 0.1) is 12.1 Å². The molecule has 20 heavy (non-hydrogen) atoms. The summed E-state index contributed by atoms with van der Waals surface area (Å²) in [5, 5.41) is 0.410. The van der Waals surface area contributed by atoms with Gasteiger partial charge in [0.15, 0.2) is 0 Å². The van der Waals surface area contributed by atoms with Crippen LogP contribution < -0.4 is 5.73 Å². The molecule has 0 aliphatic carbocycles. The van der Waals surface area contributed by atoms with Gasteiger partial charge in [0.25, 0.3) is 0 Å². The number of rotatable bonds is 5. The van der Waals surface area contributed by atoms with Gasteiger partial charge in [0.2, 0.25) is 0 Å². The molecule has 1 aromatic carbocycles. The highest BCUT2D eigenvalue weighted by Gasteiger charge is 2.27. The van der Waals surface area contributed by atoms with E-state index in [0.717, 1.165) is 25.9 Å². The molecule has 2 unspecified atom stereocenters. The third-order valence-electron chi connectivity index (χ3n) is 3.80. The summed E-state index contributed by atoms with van der Waals surface area (Å²) >= 11 is 5.81. The molecule has 0 bridgehead atoms. The van der Waals surface area contributed by atoms with E-state index >= 15 is 0 Å². The summed E-state index contributed by atoms with van der Waals surface area (Å²) in [5.74, 6) is -0.286. The van der Waals surface area contributed by atoms with Gasteiger partial charge in [0, 0.05) is 30.3 Å². The first-order chi connectivity index (χ1) is 9.65. The van der Waals surface area contributed by atoms with Crippen LogP contribution in [0.5, 0.6) is 0 Å². The summed E-state index contributed by atoms with van der Waals surface area (Å²) in [4.78, 5) is 2.22. The van der Waals surface area contributed by atoms with Gasteiger partial charge in [-0.3, -0.25) is 4.90 Å². The Balaban J connectivity index is 2.14. The molecule has 2 atom stereocenters. The summed E-state index contributed by atoms with van der Waals surface area (Å²) < 4.78 is 19.8. The smallest absolute Gasteiger partial charge is 0.129 e. The van der Waals surface area contributed by atoms with Crippen molar-refractivity contribution in [3.63, 3.8) is 0 Å². The third kappa shape index (κ3) is 3.70. The Kier molecular flexibility index (Phi) is 5.78. The van der Waals surface area contributed by atoms with Crippen molar-refractivity contribution < 1.29 is 9.13 Å². The summed E-state index contributed by atoms with van der Waals surface area (Å²) in [6, 6.07) is 4.69. The number of nitrogens with zero attached hydrogens (tertiary/aromatic N) is 1. The Morgan fingerprint density at radius 2 is 2.35 bits per heavy atom. The maximum atomic E-state index is 14.1. The predicted molar refractivity (Wildman–Crippen MR) is 79.4 cm³/mol. The van der Waals surface area contributed by atoms with Gasteiger partial charge in [0.1, 0.15) is 5.82 Å². The van der Waals surface area contributed by atoms with E-state index in [0.29, 0.717) is 23.7 Å². The minimum absolute atomic E-state index is 0.115. The second-order valence-corrected chi connectivity index (χ2v) is 5.57. The zero-order valence-corrected chi connectivity index (χ0v) is 12.6. The highest BCUT2D eigenvalue weighted by molar-refractivity contribution is 6.30. The van der Waals surface area contributed by atoms with E-state index < -0.39 is 0 Å². The molecule has 1 aliphatic heterocycles. The standard InChI is InChI=1S/C15H22ClFN2O/c1-2-20-12-4-3-7-19(10-12)15(9-18)13-6-5-11(16)8-14(13)17/h5-6,8,12,15H,2-4,7,9-10,18H2,1H3. The molecule has 5 heteroatoms. The number of hydrogen-bond donors (Lipinski definition) is 1. The van der Waals surface area contributed by atoms with Crippen molar-refractivity contribution in [1.82, 2.24) is 4.90 Å². The lowest BCUT2D eigenvalue weighted by atomic mass is 10.00. The van der Waals surface area contributed by atoms with Crippen molar-refractivity contribution in [3.8, 4) is 0 Å². The van der Waals surface area contributed by atoms with Crippen LogP contribution >= 0.6 is 11.6 Å². The van der Waals surface area contributed by atoms with Gasteiger partial charge in [-0.15, -0.1) is 0 Å². The second kappa shape index (κ2) is 7.36. The summed E-state index contributed by atoms with van der Waals surface area (Å²) in [6.07, 6.45) is 2.33. The lowest BCUT2D eigenvalue weighted by Gasteiger charge is -2.38. The maximum Gasteiger partial charge on any atom is 0.129 e. The minimum Gasteiger partial charge on any atom is -0.377 e. The monoisotopic (exact) mass is 300 g/mol. The van der Waals surface area contributed by atoms with Crippen LogP contribution in [0.1, 0.15) is 31.4 Å². The Hall–Kier alpha value is -0.680. The van der Waals surface area contributed by atoms with Crippen LogP contribution in [0.25, 0.3) is 0 Å². The van der Waals surface area contributed by atoms with Crippen LogP contribution in [0.3, 0.4) is 0 Å². The first-order valence-electron chi connectivity index (χ1n) is 7.16. The van der Waals surface area contributed by atoms with E-state index in [-0.39, 0.29) is 18.0 Å². The molecule has 1 fully saturated rings. The molecule has 1 heterocycles. The summed E-state index contributed by atoms with van der Waals surface area (Å²) in [5.41, 5.74) is 6.50. The molecule has 0 saturated carbocycles. The van der Waals surface area contributed by atoms with Crippen LogP contribution in [0.15, 0.2) is 18.2 Å². The normalized spacial score (nSPS) is 21.9. The van der Waals surface area contributed by atoms with Gasteiger partial charge in [-0.05, 0) is 38.4 Å². The highest BCUT2D eigenvalue weighted by atomic mass is 35.5. The number of hydrogen-bond acceptors (Lipinski definition) is 3. The van der Waals surface area contributed by atoms with Gasteiger partial charge in [-0.2, -0.15) is 0 Å². The van der Waals surface area contributed by atoms with E-state index in [1.54, 1.807) is 12.1 Å². The molecule has 0 amide bonds. The molecule has 2 rings (SSSR count). The number of halogens is 2. The highest BCUT2D eigenvalue weighted by Crippen LogP contribution is 2.28. The van der Waals surface area contributed by atoms with Crippen LogP contribution in [-0.2, 0) is 4.74 Å². The van der Waals surface area contributed by atoms with Crippen molar-refractivity contribution in [3.05, 3.63) is 34.6 Å². The number of likely N-dealkylation sites (tertiary alicyclic amines) is 1. The average molecular weight is 301 g/mol. The van der Waals surface area contributed by atoms with Gasteiger partial charge in [-0.1, -0.05) is 17.7 Å². The quantitative estimate of drug-likeness (QED) is 0.908. The fraction of sp³-hybridized carbons (Fsp3) is 0.600. The fourth-order valence-electron chi connectivity index (χ4n) is 2.87. The zero-order valence-electron chi connectivity index (χ0n) is 11.8. The van der Waals surface area contributed by atoms with Crippen LogP contribution in [0, 0.1) is 5.82 Å². The Morgan fingerprint density at radius 1 is 1.55 bits per heavy atom. The van der Waals surface area contributed by atoms with Crippen molar-refractivity contribution in [2.45, 2.75) is 31.9 Å². The fourth-order valence-corrected chi connectivity index (χ4v) is 3.02. The van der Waals surface area contributed by atoms with Crippen LogP contribution in [0.2, 0.25) is 5.02 Å². The van der Waals surface area contributed by atoms with E-state index in [1.807, 2.05) is 6.92 Å². The second-order valence-electron chi connectivity index (χ2n) is 5.13. The van der Waals surface area contributed by atoms with Crippen LogP contribution in [-0.4, -0.2) is 37.2 Å². The van der Waals surface area contributed by atoms with Crippen LogP contribution in [0.4, 0.5) is 4.39 Å². The van der Waals surface area contributed by atoms with E-state index in [4.69, 9.17) is 22.1 Å². The molecule has 1 aromatic rings. The molecule has 3 nitrogen and oxygen atoms in total. The van der Waals surface area contributed by atoms with Gasteiger partial charge < -0.3 is 10.5 Å². The lowest BCUT2D eigenvalue weighted by Crippen LogP contribution is -2.44. The Morgan fingerprint density at radius 3 is 3.00 bits per heavy atom. The first-order valence-corrected chi connectivity index (χ1v) is 7.54. The summed E-state index contributed by atoms with van der Waals surface area (Å²) in [6.45, 7) is 4.82. The van der Waals surface area contributed by atoms with Gasteiger partial charge >= 0.3 is 0 Å². The number of piperidine rings is 1. The maximum absolute atomic E-state index is 14.1. The van der Waals surface area contributed by atoms with E-state index in [2.05, 4.69) is 4.90 Å². The molecular formula is C15H22ClFN2O. The lowest BCUT2D eigenvalue weighted by molar-refractivity contribution is -0.00702. The Labute approximate surface area is 124 Å². The SMILES string of the molecule is CCOC1CCCN(C(CN)c2ccc(Cl)cc2F)C1. The van der Waals surface area contributed by atoms with Crippen molar-refractivity contribution in [2.75, 3.05) is 26.2 Å². The zero-order chi connectivity index (χ0) is 14.5. The van der Waals surface area contributed by atoms with Crippen molar-refractivity contribution in [1.29, 1.82) is 0 Å². The molecule has 1 aliphatic rings. The minimum atomic E-state index is -0.286. The Bertz CT molecular complexity index is 442. The van der Waals surface area contributed by atoms with Gasteiger partial charge in [-0.25, -0.2) is 4.39 Å². The number of nitrogens with two attached hydrogens (primary N) is 1.